The van der Waals surface area contributed by atoms with Gasteiger partial charge in [0.05, 0.1) is 30.9 Å². The fourth-order valence-electron chi connectivity index (χ4n) is 5.42. The highest BCUT2D eigenvalue weighted by molar-refractivity contribution is 5.81. The molecule has 2 atom stereocenters. The van der Waals surface area contributed by atoms with Gasteiger partial charge in [-0.05, 0) is 49.7 Å². The normalized spacial score (nSPS) is 35.0. The van der Waals surface area contributed by atoms with E-state index in [0.717, 1.165) is 31.4 Å². The molecule has 0 radical (unpaired) electrons. The molecule has 3 fully saturated rings. The lowest BCUT2D eigenvalue weighted by atomic mass is 9.82. The van der Waals surface area contributed by atoms with Crippen LogP contribution in [0.25, 0.3) is 0 Å². The second-order valence-electron chi connectivity index (χ2n) is 8.68. The number of hydrogen-bond donors (Lipinski definition) is 1. The first kappa shape index (κ1) is 18.9. The number of nitrogens with one attached hydrogen (secondary N) is 1. The molecular weight excluding hydrogens is 372 g/mol. The lowest BCUT2D eigenvalue weighted by Crippen LogP contribution is -2.65. The van der Waals surface area contributed by atoms with Crippen LogP contribution in [0, 0.1) is 0 Å². The van der Waals surface area contributed by atoms with Crippen molar-refractivity contribution in [2.24, 2.45) is 0 Å². The van der Waals surface area contributed by atoms with Crippen LogP contribution in [0.2, 0.25) is 0 Å². The molecule has 1 spiro atoms. The van der Waals surface area contributed by atoms with E-state index in [1.54, 1.807) is 0 Å². The Morgan fingerprint density at radius 3 is 2.72 bits per heavy atom. The average molecular weight is 400 g/mol. The van der Waals surface area contributed by atoms with Crippen LogP contribution in [0.1, 0.15) is 43.6 Å². The van der Waals surface area contributed by atoms with Gasteiger partial charge in [-0.1, -0.05) is 18.2 Å². The molecule has 7 nitrogen and oxygen atoms in total. The Hall–Kier alpha value is -2.12. The third kappa shape index (κ3) is 3.51. The highest BCUT2D eigenvalue weighted by Gasteiger charge is 2.52. The quantitative estimate of drug-likeness (QED) is 0.716. The summed E-state index contributed by atoms with van der Waals surface area (Å²) in [5.41, 5.74) is 0.626. The van der Waals surface area contributed by atoms with Crippen molar-refractivity contribution in [3.8, 4) is 5.75 Å². The minimum atomic E-state index is -0.569. The molecule has 156 valence electrons. The number of morpholine rings is 1. The molecule has 6 rings (SSSR count). The first-order chi connectivity index (χ1) is 14.1. The van der Waals surface area contributed by atoms with Gasteiger partial charge < -0.3 is 24.4 Å². The monoisotopic (exact) mass is 400 g/mol. The largest absolute Gasteiger partial charge is 0.483 e. The van der Waals surface area contributed by atoms with E-state index in [-0.39, 0.29) is 37.2 Å². The molecule has 0 aromatic heterocycles. The predicted molar refractivity (Wildman–Crippen MR) is 105 cm³/mol. The molecule has 4 heterocycles. The van der Waals surface area contributed by atoms with Crippen LogP contribution in [0.15, 0.2) is 24.3 Å². The van der Waals surface area contributed by atoms with Crippen molar-refractivity contribution in [1.82, 2.24) is 10.2 Å². The molecule has 29 heavy (non-hydrogen) atoms. The van der Waals surface area contributed by atoms with E-state index < -0.39 is 5.54 Å². The molecule has 1 aliphatic carbocycles. The van der Waals surface area contributed by atoms with E-state index in [2.05, 4.69) is 11.4 Å². The molecule has 1 N–H and O–H groups in total. The van der Waals surface area contributed by atoms with Gasteiger partial charge in [-0.15, -0.1) is 0 Å². The van der Waals surface area contributed by atoms with Crippen LogP contribution in [0.5, 0.6) is 5.75 Å². The SMILES string of the molecule is O=C1COCC2(CCN3C(=O)COc4ccccc4C4CCC(CC4)OCC32)N1. The molecule has 1 aromatic rings. The standard InChI is InChI=1S/C22H28N2O5/c25-20-12-27-14-22(23-20)9-10-24-19(22)11-28-16-7-5-15(6-8-16)17-3-1-2-4-18(17)29-13-21(24)26/h1-4,15-16,19H,5-14H2,(H,23,25). The van der Waals surface area contributed by atoms with Crippen molar-refractivity contribution in [3.63, 3.8) is 0 Å². The van der Waals surface area contributed by atoms with Crippen molar-refractivity contribution in [2.75, 3.05) is 33.0 Å². The van der Waals surface area contributed by atoms with Gasteiger partial charge in [0, 0.05) is 6.54 Å². The Kier molecular flexibility index (Phi) is 4.95. The minimum absolute atomic E-state index is 0.00541. The smallest absolute Gasteiger partial charge is 0.260 e. The number of rotatable bonds is 0. The van der Waals surface area contributed by atoms with Crippen LogP contribution in [-0.4, -0.2) is 67.4 Å². The lowest BCUT2D eigenvalue weighted by molar-refractivity contribution is -0.144. The summed E-state index contributed by atoms with van der Waals surface area (Å²) in [4.78, 5) is 27.0. The second kappa shape index (κ2) is 7.61. The summed E-state index contributed by atoms with van der Waals surface area (Å²) in [5, 5.41) is 3.12. The second-order valence-corrected chi connectivity index (χ2v) is 8.68. The molecule has 2 saturated heterocycles. The van der Waals surface area contributed by atoms with Crippen molar-refractivity contribution in [2.45, 2.75) is 55.7 Å². The molecule has 2 unspecified atom stereocenters. The van der Waals surface area contributed by atoms with Gasteiger partial charge in [0.15, 0.2) is 6.61 Å². The zero-order valence-corrected chi connectivity index (χ0v) is 16.6. The molecule has 1 saturated carbocycles. The Labute approximate surface area is 170 Å². The summed E-state index contributed by atoms with van der Waals surface area (Å²) in [7, 11) is 0. The number of amides is 2. The summed E-state index contributed by atoms with van der Waals surface area (Å²) < 4.78 is 17.9. The number of carbonyl (C=O) groups excluding carboxylic acids is 2. The Balaban J connectivity index is 1.44. The lowest BCUT2D eigenvalue weighted by Gasteiger charge is -2.41. The fraction of sp³-hybridized carbons (Fsp3) is 0.636. The molecule has 4 aliphatic heterocycles. The van der Waals surface area contributed by atoms with Crippen LogP contribution < -0.4 is 10.1 Å². The van der Waals surface area contributed by atoms with Crippen LogP contribution >= 0.6 is 0 Å². The van der Waals surface area contributed by atoms with E-state index in [4.69, 9.17) is 14.2 Å². The minimum Gasteiger partial charge on any atom is -0.483 e. The maximum atomic E-state index is 13.1. The van der Waals surface area contributed by atoms with Gasteiger partial charge in [0.1, 0.15) is 12.4 Å². The van der Waals surface area contributed by atoms with Crippen molar-refractivity contribution < 1.29 is 23.8 Å². The maximum absolute atomic E-state index is 13.1. The molecule has 2 amide bonds. The van der Waals surface area contributed by atoms with Crippen LogP contribution in [0.3, 0.4) is 0 Å². The summed E-state index contributed by atoms with van der Waals surface area (Å²) in [6.45, 7) is 1.46. The van der Waals surface area contributed by atoms with Crippen molar-refractivity contribution >= 4 is 11.8 Å². The molecule has 5 aliphatic rings. The number of fused-ring (bicyclic) bond motifs is 5. The van der Waals surface area contributed by atoms with E-state index in [0.29, 0.717) is 32.1 Å². The molecular formula is C22H28N2O5. The van der Waals surface area contributed by atoms with Gasteiger partial charge in [0.2, 0.25) is 5.91 Å². The molecule has 1 aromatic carbocycles. The first-order valence-electron chi connectivity index (χ1n) is 10.7. The van der Waals surface area contributed by atoms with Crippen LogP contribution in [0.4, 0.5) is 0 Å². The van der Waals surface area contributed by atoms with E-state index >= 15 is 0 Å². The average Bonchev–Trinajstić information content (AvgIpc) is 3.08. The number of carbonyl (C=O) groups is 2. The number of benzene rings is 1. The maximum Gasteiger partial charge on any atom is 0.260 e. The Morgan fingerprint density at radius 1 is 1.07 bits per heavy atom. The highest BCUT2D eigenvalue weighted by Crippen LogP contribution is 2.39. The summed E-state index contributed by atoms with van der Waals surface area (Å²) in [6.07, 6.45) is 4.96. The topological polar surface area (TPSA) is 77.1 Å². The van der Waals surface area contributed by atoms with Gasteiger partial charge in [-0.2, -0.15) is 0 Å². The predicted octanol–water partition coefficient (Wildman–Crippen LogP) is 1.61. The zero-order valence-electron chi connectivity index (χ0n) is 16.6. The number of hydrogen-bond acceptors (Lipinski definition) is 5. The zero-order chi connectivity index (χ0) is 19.8. The Bertz CT molecular complexity index is 791. The highest BCUT2D eigenvalue weighted by atomic mass is 16.5. The van der Waals surface area contributed by atoms with Gasteiger partial charge in [0.25, 0.3) is 5.91 Å². The number of ether oxygens (including phenoxy) is 3. The summed E-state index contributed by atoms with van der Waals surface area (Å²) >= 11 is 0. The Morgan fingerprint density at radius 2 is 1.90 bits per heavy atom. The van der Waals surface area contributed by atoms with Gasteiger partial charge >= 0.3 is 0 Å². The fourth-order valence-corrected chi connectivity index (χ4v) is 5.42. The molecule has 7 heteroatoms. The summed E-state index contributed by atoms with van der Waals surface area (Å²) in [6, 6.07) is 7.84. The van der Waals surface area contributed by atoms with Crippen molar-refractivity contribution in [3.05, 3.63) is 29.8 Å². The number of para-hydroxylation sites is 1. The van der Waals surface area contributed by atoms with E-state index in [1.165, 1.54) is 5.56 Å². The van der Waals surface area contributed by atoms with Gasteiger partial charge in [-0.3, -0.25) is 9.59 Å². The number of nitrogens with zero attached hydrogens (tertiary/aromatic N) is 1. The van der Waals surface area contributed by atoms with E-state index in [1.807, 2.05) is 23.1 Å². The third-order valence-corrected chi connectivity index (χ3v) is 6.99. The summed E-state index contributed by atoms with van der Waals surface area (Å²) in [5.74, 6) is 1.05. The first-order valence-corrected chi connectivity index (χ1v) is 10.7. The van der Waals surface area contributed by atoms with Gasteiger partial charge in [-0.25, -0.2) is 0 Å². The van der Waals surface area contributed by atoms with E-state index in [9.17, 15) is 9.59 Å². The third-order valence-electron chi connectivity index (χ3n) is 6.99. The van der Waals surface area contributed by atoms with Crippen molar-refractivity contribution in [1.29, 1.82) is 0 Å². The van der Waals surface area contributed by atoms with Crippen LogP contribution in [-0.2, 0) is 19.1 Å². The molecule has 2 bridgehead atoms.